The van der Waals surface area contributed by atoms with Gasteiger partial charge in [0.05, 0.1) is 31.7 Å². The monoisotopic (exact) mass is 675 g/mol. The van der Waals surface area contributed by atoms with Crippen LogP contribution in [0.15, 0.2) is 67.1 Å². The summed E-state index contributed by atoms with van der Waals surface area (Å²) in [6, 6.07) is 10.7. The molecule has 0 spiro atoms. The molecule has 3 N–H and O–H groups in total. The molecule has 3 rings (SSSR count). The summed E-state index contributed by atoms with van der Waals surface area (Å²) < 4.78 is 58.7. The van der Waals surface area contributed by atoms with E-state index in [9.17, 15) is 32.3 Å². The average molecular weight is 676 g/mol. The van der Waals surface area contributed by atoms with Crippen molar-refractivity contribution in [2.45, 2.75) is 77.5 Å². The maximum absolute atomic E-state index is 13.9. The fourth-order valence-electron chi connectivity index (χ4n) is 4.39. The van der Waals surface area contributed by atoms with Gasteiger partial charge in [0.2, 0.25) is 5.91 Å². The number of nitrogens with one attached hydrogen (secondary N) is 3. The van der Waals surface area contributed by atoms with E-state index in [1.54, 1.807) is 20.8 Å². The van der Waals surface area contributed by atoms with Crippen LogP contribution in [0.25, 0.3) is 0 Å². The molecule has 0 bridgehead atoms. The molecule has 48 heavy (non-hydrogen) atoms. The zero-order valence-electron chi connectivity index (χ0n) is 27.5. The fourth-order valence-corrected chi connectivity index (χ4v) is 4.39. The largest absolute Gasteiger partial charge is 0.464 e. The Labute approximate surface area is 276 Å². The molecule has 0 aliphatic rings. The summed E-state index contributed by atoms with van der Waals surface area (Å²) >= 11 is 0. The Morgan fingerprint density at radius 1 is 0.938 bits per heavy atom. The number of carbonyl (C=O) groups is 4. The number of anilines is 1. The van der Waals surface area contributed by atoms with Gasteiger partial charge in [-0.25, -0.2) is 14.6 Å². The highest BCUT2D eigenvalue weighted by atomic mass is 19.4. The van der Waals surface area contributed by atoms with Crippen LogP contribution in [0.2, 0.25) is 0 Å². The second kappa shape index (κ2) is 15.8. The predicted octanol–water partition coefficient (Wildman–Crippen LogP) is 5.00. The lowest BCUT2D eigenvalue weighted by Gasteiger charge is -2.29. The van der Waals surface area contributed by atoms with Gasteiger partial charge in [-0.3, -0.25) is 9.59 Å². The van der Waals surface area contributed by atoms with Crippen molar-refractivity contribution in [2.75, 3.05) is 18.5 Å². The van der Waals surface area contributed by atoms with Crippen LogP contribution < -0.4 is 16.0 Å². The number of alkyl halides is 3. The SMILES string of the molecule is CCOC(=O)C(c1ccccc1C(F)(F)F)n1cnc(NC(=O)[C@@H](COCc2ccccc2)NC(=O)C(C)(C)NC(=O)OC(C)(C)C)c1. The first-order valence-corrected chi connectivity index (χ1v) is 15.0. The molecular formula is C33H40F3N5O7. The van der Waals surface area contributed by atoms with E-state index < -0.39 is 58.8 Å². The van der Waals surface area contributed by atoms with Gasteiger partial charge < -0.3 is 34.7 Å². The van der Waals surface area contributed by atoms with Gasteiger partial charge in [-0.15, -0.1) is 0 Å². The van der Waals surface area contributed by atoms with Crippen LogP contribution >= 0.6 is 0 Å². The fraction of sp³-hybridized carbons (Fsp3) is 0.424. The first kappa shape index (κ1) is 37.5. The molecule has 0 saturated carbocycles. The molecule has 1 aromatic heterocycles. The van der Waals surface area contributed by atoms with Crippen LogP contribution in [0.5, 0.6) is 0 Å². The summed E-state index contributed by atoms with van der Waals surface area (Å²) in [6.07, 6.45) is -3.36. The number of nitrogens with zero attached hydrogens (tertiary/aromatic N) is 2. The van der Waals surface area contributed by atoms with E-state index >= 15 is 0 Å². The summed E-state index contributed by atoms with van der Waals surface area (Å²) in [5, 5.41) is 7.55. The van der Waals surface area contributed by atoms with E-state index in [0.717, 1.165) is 28.6 Å². The van der Waals surface area contributed by atoms with Crippen molar-refractivity contribution in [2.24, 2.45) is 0 Å². The summed E-state index contributed by atoms with van der Waals surface area (Å²) in [5.41, 5.74) is -2.96. The minimum absolute atomic E-state index is 0.0920. The predicted molar refractivity (Wildman–Crippen MR) is 169 cm³/mol. The summed E-state index contributed by atoms with van der Waals surface area (Å²) in [6.45, 7) is 9.05. The highest BCUT2D eigenvalue weighted by Gasteiger charge is 2.38. The van der Waals surface area contributed by atoms with E-state index in [4.69, 9.17) is 14.2 Å². The van der Waals surface area contributed by atoms with Crippen molar-refractivity contribution in [3.63, 3.8) is 0 Å². The van der Waals surface area contributed by atoms with Gasteiger partial charge in [0, 0.05) is 6.20 Å². The maximum atomic E-state index is 13.9. The van der Waals surface area contributed by atoms with Crippen molar-refractivity contribution >= 4 is 29.7 Å². The Balaban J connectivity index is 1.85. The Kier molecular flexibility index (Phi) is 12.3. The summed E-state index contributed by atoms with van der Waals surface area (Å²) in [5.74, 6) is -2.64. The second-order valence-corrected chi connectivity index (χ2v) is 12.2. The lowest BCUT2D eigenvalue weighted by molar-refractivity contribution is -0.147. The topological polar surface area (TPSA) is 150 Å². The molecule has 0 fully saturated rings. The number of ether oxygens (including phenoxy) is 3. The normalized spacial score (nSPS) is 13.2. The maximum Gasteiger partial charge on any atom is 0.416 e. The number of esters is 1. The molecule has 15 heteroatoms. The smallest absolute Gasteiger partial charge is 0.416 e. The molecule has 260 valence electrons. The number of imidazole rings is 1. The third kappa shape index (κ3) is 10.8. The summed E-state index contributed by atoms with van der Waals surface area (Å²) in [7, 11) is 0. The summed E-state index contributed by atoms with van der Waals surface area (Å²) in [4.78, 5) is 56.1. The molecule has 0 radical (unpaired) electrons. The number of hydrogen-bond acceptors (Lipinski definition) is 8. The van der Waals surface area contributed by atoms with Crippen LogP contribution in [0.4, 0.5) is 23.8 Å². The number of benzene rings is 2. The number of aromatic nitrogens is 2. The number of hydrogen-bond donors (Lipinski definition) is 3. The highest BCUT2D eigenvalue weighted by molar-refractivity contribution is 5.98. The quantitative estimate of drug-likeness (QED) is 0.215. The van der Waals surface area contributed by atoms with Gasteiger partial charge in [0.15, 0.2) is 11.9 Å². The van der Waals surface area contributed by atoms with Gasteiger partial charge in [0.25, 0.3) is 5.91 Å². The number of halogens is 3. The Bertz CT molecular complexity index is 1570. The number of alkyl carbamates (subject to hydrolysis) is 1. The molecule has 3 amide bonds. The second-order valence-electron chi connectivity index (χ2n) is 12.2. The number of amides is 3. The van der Waals surface area contributed by atoms with Crippen LogP contribution in [0.3, 0.4) is 0 Å². The van der Waals surface area contributed by atoms with Gasteiger partial charge in [-0.2, -0.15) is 13.2 Å². The van der Waals surface area contributed by atoms with Crippen LogP contribution in [0.1, 0.15) is 64.3 Å². The Hall–Kier alpha value is -4.92. The zero-order valence-corrected chi connectivity index (χ0v) is 27.5. The average Bonchev–Trinajstić information content (AvgIpc) is 3.43. The van der Waals surface area contributed by atoms with Crippen molar-refractivity contribution < 1.29 is 46.6 Å². The molecule has 2 atom stereocenters. The van der Waals surface area contributed by atoms with Gasteiger partial charge in [-0.1, -0.05) is 48.5 Å². The van der Waals surface area contributed by atoms with Gasteiger partial charge >= 0.3 is 18.2 Å². The molecule has 0 aliphatic carbocycles. The lowest BCUT2D eigenvalue weighted by Crippen LogP contribution is -2.59. The van der Waals surface area contributed by atoms with Crippen LogP contribution in [-0.4, -0.2) is 63.8 Å². The van der Waals surface area contributed by atoms with E-state index in [-0.39, 0.29) is 31.2 Å². The highest BCUT2D eigenvalue weighted by Crippen LogP contribution is 2.36. The van der Waals surface area contributed by atoms with Crippen LogP contribution in [-0.2, 0) is 41.4 Å². The third-order valence-corrected chi connectivity index (χ3v) is 6.62. The number of rotatable bonds is 13. The van der Waals surface area contributed by atoms with Gasteiger partial charge in [-0.05, 0) is 58.7 Å². The van der Waals surface area contributed by atoms with Crippen molar-refractivity contribution in [1.82, 2.24) is 20.2 Å². The van der Waals surface area contributed by atoms with E-state index in [0.29, 0.717) is 0 Å². The van der Waals surface area contributed by atoms with E-state index in [1.165, 1.54) is 39.1 Å². The third-order valence-electron chi connectivity index (χ3n) is 6.62. The van der Waals surface area contributed by atoms with Crippen molar-refractivity contribution in [3.05, 3.63) is 83.8 Å². The molecule has 12 nitrogen and oxygen atoms in total. The minimum atomic E-state index is -4.77. The molecule has 3 aromatic rings. The van der Waals surface area contributed by atoms with E-state index in [2.05, 4.69) is 20.9 Å². The molecule has 1 unspecified atom stereocenters. The molecule has 0 aliphatic heterocycles. The molecular weight excluding hydrogens is 635 g/mol. The lowest BCUT2D eigenvalue weighted by atomic mass is 9.99. The van der Waals surface area contributed by atoms with Crippen LogP contribution in [0, 0.1) is 0 Å². The molecule has 1 heterocycles. The van der Waals surface area contributed by atoms with E-state index in [1.807, 2.05) is 30.3 Å². The first-order chi connectivity index (χ1) is 22.4. The zero-order chi connectivity index (χ0) is 35.7. The minimum Gasteiger partial charge on any atom is -0.464 e. The van der Waals surface area contributed by atoms with Crippen molar-refractivity contribution in [3.8, 4) is 0 Å². The standard InChI is InChI=1S/C33H40F3N5O7/c1-7-47-28(43)26(22-15-11-12-16-23(22)33(34,35)36)41-17-25(37-20-41)39-27(42)24(19-46-18-21-13-9-8-10-14-21)38-29(44)32(5,6)40-30(45)48-31(2,3)4/h8-17,20,24,26H,7,18-19H2,1-6H3,(H,38,44)(H,39,42)(H,40,45)/t24-,26?/m1/s1. The van der Waals surface area contributed by atoms with Gasteiger partial charge in [0.1, 0.15) is 17.2 Å². The Morgan fingerprint density at radius 2 is 1.58 bits per heavy atom. The molecule has 0 saturated heterocycles. The van der Waals surface area contributed by atoms with Crippen molar-refractivity contribution in [1.29, 1.82) is 0 Å². The molecule has 2 aromatic carbocycles. The number of carbonyl (C=O) groups excluding carboxylic acids is 4. The first-order valence-electron chi connectivity index (χ1n) is 15.0. The Morgan fingerprint density at radius 3 is 2.21 bits per heavy atom.